The van der Waals surface area contributed by atoms with Crippen LogP contribution in [0.2, 0.25) is 0 Å². The van der Waals surface area contributed by atoms with Crippen LogP contribution in [0.15, 0.2) is 0 Å². The molecule has 3 saturated carbocycles. The van der Waals surface area contributed by atoms with E-state index in [2.05, 4.69) is 5.32 Å². The van der Waals surface area contributed by atoms with Crippen LogP contribution in [0.3, 0.4) is 0 Å². The number of rotatable bonds is 4. The molecule has 0 radical (unpaired) electrons. The number of halogens is 2. The van der Waals surface area contributed by atoms with Crippen LogP contribution >= 0.6 is 0 Å². The molecule has 3 aliphatic rings. The van der Waals surface area contributed by atoms with Gasteiger partial charge >= 0.3 is 0 Å². The molecule has 0 bridgehead atoms. The first-order chi connectivity index (χ1) is 8.02. The Balaban J connectivity index is 1.51. The topological polar surface area (TPSA) is 29.1 Å². The van der Waals surface area contributed by atoms with E-state index in [9.17, 15) is 13.6 Å². The van der Waals surface area contributed by atoms with Gasteiger partial charge in [0.25, 0.3) is 5.92 Å². The van der Waals surface area contributed by atoms with Crippen LogP contribution in [0.4, 0.5) is 8.78 Å². The van der Waals surface area contributed by atoms with Crippen molar-refractivity contribution in [3.05, 3.63) is 0 Å². The highest BCUT2D eigenvalue weighted by atomic mass is 19.3. The minimum Gasteiger partial charge on any atom is -0.350 e. The molecular weight excluding hydrogens is 224 g/mol. The van der Waals surface area contributed by atoms with Gasteiger partial charge in [-0.05, 0) is 31.6 Å². The average Bonchev–Trinajstić information content (AvgIpc) is 3.05. The lowest BCUT2D eigenvalue weighted by Gasteiger charge is -2.24. The van der Waals surface area contributed by atoms with Gasteiger partial charge in [-0.3, -0.25) is 4.79 Å². The van der Waals surface area contributed by atoms with Crippen molar-refractivity contribution in [3.63, 3.8) is 0 Å². The quantitative estimate of drug-likeness (QED) is 0.808. The number of hydrogen-bond acceptors (Lipinski definition) is 1. The predicted octanol–water partition coefficient (Wildman–Crippen LogP) is 2.87. The van der Waals surface area contributed by atoms with Gasteiger partial charge in [0.2, 0.25) is 5.91 Å². The summed E-state index contributed by atoms with van der Waals surface area (Å²) in [5, 5.41) is 3.05. The van der Waals surface area contributed by atoms with Crippen molar-refractivity contribution in [2.45, 2.75) is 62.8 Å². The Morgan fingerprint density at radius 2 is 1.82 bits per heavy atom. The molecule has 4 heteroatoms. The highest BCUT2D eigenvalue weighted by Crippen LogP contribution is 2.52. The summed E-state index contributed by atoms with van der Waals surface area (Å²) in [7, 11) is 0. The Morgan fingerprint density at radius 1 is 1.24 bits per heavy atom. The molecule has 3 fully saturated rings. The normalized spacial score (nSPS) is 33.4. The molecule has 3 aliphatic carbocycles. The number of carbonyl (C=O) groups excluding carboxylic acids is 1. The Bertz CT molecular complexity index is 332. The maximum Gasteiger partial charge on any atom is 0.252 e. The van der Waals surface area contributed by atoms with Crippen LogP contribution in [-0.2, 0) is 4.79 Å². The second-order valence-corrected chi connectivity index (χ2v) is 6.05. The summed E-state index contributed by atoms with van der Waals surface area (Å²) in [5.41, 5.74) is -0.00222. The first-order valence-electron chi connectivity index (χ1n) is 6.71. The maximum absolute atomic E-state index is 12.7. The molecule has 0 heterocycles. The van der Waals surface area contributed by atoms with E-state index in [1.54, 1.807) is 0 Å². The Labute approximate surface area is 100 Å². The van der Waals surface area contributed by atoms with Crippen LogP contribution in [0.5, 0.6) is 0 Å². The number of carbonyl (C=O) groups is 1. The lowest BCUT2D eigenvalue weighted by Crippen LogP contribution is -2.42. The fourth-order valence-corrected chi connectivity index (χ4v) is 3.29. The lowest BCUT2D eigenvalue weighted by atomic mass is 9.95. The van der Waals surface area contributed by atoms with E-state index in [-0.39, 0.29) is 24.3 Å². The third-order valence-corrected chi connectivity index (χ3v) is 4.70. The summed E-state index contributed by atoms with van der Waals surface area (Å²) in [6.07, 6.45) is 6.90. The third-order valence-electron chi connectivity index (χ3n) is 4.70. The summed E-state index contributed by atoms with van der Waals surface area (Å²) in [6.45, 7) is 0. The van der Waals surface area contributed by atoms with E-state index in [4.69, 9.17) is 0 Å². The summed E-state index contributed by atoms with van der Waals surface area (Å²) >= 11 is 0. The minimum absolute atomic E-state index is 0.00222. The molecule has 17 heavy (non-hydrogen) atoms. The van der Waals surface area contributed by atoms with Gasteiger partial charge in [0.15, 0.2) is 0 Å². The summed E-state index contributed by atoms with van der Waals surface area (Å²) in [4.78, 5) is 11.7. The fraction of sp³-hybridized carbons (Fsp3) is 0.923. The van der Waals surface area contributed by atoms with Gasteiger partial charge in [-0.15, -0.1) is 0 Å². The van der Waals surface area contributed by atoms with Crippen molar-refractivity contribution in [3.8, 4) is 0 Å². The van der Waals surface area contributed by atoms with Gasteiger partial charge < -0.3 is 5.32 Å². The SMILES string of the molecule is O=C(CC1CC1(F)F)NC1(C2CCCC2)CC1. The van der Waals surface area contributed by atoms with E-state index in [0.717, 1.165) is 12.8 Å². The Kier molecular flexibility index (Phi) is 2.46. The second kappa shape index (κ2) is 3.66. The zero-order valence-corrected chi connectivity index (χ0v) is 9.98. The molecule has 0 aromatic rings. The number of amides is 1. The van der Waals surface area contributed by atoms with Crippen molar-refractivity contribution in [1.82, 2.24) is 5.32 Å². The van der Waals surface area contributed by atoms with Gasteiger partial charge in [0, 0.05) is 24.3 Å². The van der Waals surface area contributed by atoms with Gasteiger partial charge in [-0.2, -0.15) is 0 Å². The molecule has 3 rings (SSSR count). The molecule has 0 aromatic carbocycles. The molecule has 1 atom stereocenters. The molecule has 1 amide bonds. The monoisotopic (exact) mass is 243 g/mol. The van der Waals surface area contributed by atoms with Gasteiger partial charge in [0.1, 0.15) is 0 Å². The summed E-state index contributed by atoms with van der Waals surface area (Å²) in [6, 6.07) is 0. The van der Waals surface area contributed by atoms with Crippen LogP contribution in [0, 0.1) is 11.8 Å². The minimum atomic E-state index is -2.57. The largest absolute Gasteiger partial charge is 0.350 e. The van der Waals surface area contributed by atoms with Gasteiger partial charge in [0.05, 0.1) is 0 Å². The second-order valence-electron chi connectivity index (χ2n) is 6.05. The van der Waals surface area contributed by atoms with E-state index < -0.39 is 11.8 Å². The van der Waals surface area contributed by atoms with Gasteiger partial charge in [-0.1, -0.05) is 12.8 Å². The number of nitrogens with one attached hydrogen (secondary N) is 1. The smallest absolute Gasteiger partial charge is 0.252 e. The van der Waals surface area contributed by atoms with Crippen LogP contribution in [0.1, 0.15) is 51.4 Å². The van der Waals surface area contributed by atoms with Crippen molar-refractivity contribution < 1.29 is 13.6 Å². The van der Waals surface area contributed by atoms with E-state index in [1.165, 1.54) is 25.7 Å². The van der Waals surface area contributed by atoms with Crippen molar-refractivity contribution in [2.75, 3.05) is 0 Å². The predicted molar refractivity (Wildman–Crippen MR) is 59.7 cm³/mol. The molecule has 0 saturated heterocycles. The average molecular weight is 243 g/mol. The molecule has 0 aromatic heterocycles. The Morgan fingerprint density at radius 3 is 2.29 bits per heavy atom. The molecule has 1 N–H and O–H groups in total. The number of alkyl halides is 2. The summed E-state index contributed by atoms with van der Waals surface area (Å²) in [5.74, 6) is -2.81. The highest BCUT2D eigenvalue weighted by Gasteiger charge is 2.58. The van der Waals surface area contributed by atoms with Crippen molar-refractivity contribution in [1.29, 1.82) is 0 Å². The third kappa shape index (κ3) is 2.18. The maximum atomic E-state index is 12.7. The standard InChI is InChI=1S/C13H19F2NO/c14-13(15)8-10(13)7-11(17)16-12(5-6-12)9-3-1-2-4-9/h9-10H,1-8H2,(H,16,17). The number of hydrogen-bond donors (Lipinski definition) is 1. The van der Waals surface area contributed by atoms with Gasteiger partial charge in [-0.25, -0.2) is 8.78 Å². The van der Waals surface area contributed by atoms with E-state index in [1.807, 2.05) is 0 Å². The first kappa shape index (κ1) is 11.4. The molecule has 0 spiro atoms. The van der Waals surface area contributed by atoms with Crippen molar-refractivity contribution in [2.24, 2.45) is 11.8 Å². The zero-order valence-electron chi connectivity index (χ0n) is 9.98. The Hall–Kier alpha value is -0.670. The van der Waals surface area contributed by atoms with Crippen LogP contribution < -0.4 is 5.32 Å². The van der Waals surface area contributed by atoms with Crippen LogP contribution in [0.25, 0.3) is 0 Å². The molecule has 96 valence electrons. The zero-order chi connectivity index (χ0) is 12.1. The fourth-order valence-electron chi connectivity index (χ4n) is 3.29. The highest BCUT2D eigenvalue weighted by molar-refractivity contribution is 5.78. The molecular formula is C13H19F2NO. The van der Waals surface area contributed by atoms with Crippen LogP contribution in [-0.4, -0.2) is 17.4 Å². The molecule has 2 nitrogen and oxygen atoms in total. The lowest BCUT2D eigenvalue weighted by molar-refractivity contribution is -0.123. The molecule has 1 unspecified atom stereocenters. The van der Waals surface area contributed by atoms with E-state index in [0.29, 0.717) is 5.92 Å². The van der Waals surface area contributed by atoms with Crippen molar-refractivity contribution >= 4 is 5.91 Å². The molecule has 0 aliphatic heterocycles. The van der Waals surface area contributed by atoms with E-state index >= 15 is 0 Å². The summed E-state index contributed by atoms with van der Waals surface area (Å²) < 4.78 is 25.5. The first-order valence-corrected chi connectivity index (χ1v) is 6.71.